The van der Waals surface area contributed by atoms with Crippen molar-refractivity contribution in [1.82, 2.24) is 4.98 Å². The quantitative estimate of drug-likeness (QED) is 0.843. The van der Waals surface area contributed by atoms with Gasteiger partial charge in [0.05, 0.1) is 12.3 Å². The molecule has 1 N–H and O–H groups in total. The molecule has 0 spiro atoms. The molecule has 1 aromatic carbocycles. The Morgan fingerprint density at radius 1 is 1.13 bits per heavy atom. The highest BCUT2D eigenvalue weighted by Gasteiger charge is 2.04. The molecule has 15 heavy (non-hydrogen) atoms. The molecular weight excluding hydrogens is 210 g/mol. The average Bonchev–Trinajstić information content (AvgIpc) is 2.30. The lowest BCUT2D eigenvalue weighted by molar-refractivity contribution is 0.277. The van der Waals surface area contributed by atoms with Crippen molar-refractivity contribution < 1.29 is 5.11 Å². The first-order chi connectivity index (χ1) is 7.31. The molecule has 0 radical (unpaired) electrons. The first kappa shape index (κ1) is 10.1. The predicted molar refractivity (Wildman–Crippen MR) is 60.6 cm³/mol. The molecule has 2 aromatic rings. The third-order valence-electron chi connectivity index (χ3n) is 2.20. The highest BCUT2D eigenvalue weighted by molar-refractivity contribution is 6.30. The second-order valence-electron chi connectivity index (χ2n) is 3.16. The number of aliphatic hydroxyl groups excluding tert-OH is 1. The highest BCUT2D eigenvalue weighted by Crippen LogP contribution is 2.23. The number of pyridine rings is 1. The van der Waals surface area contributed by atoms with Crippen LogP contribution in [0.3, 0.4) is 0 Å². The van der Waals surface area contributed by atoms with Crippen LogP contribution in [-0.2, 0) is 6.61 Å². The number of hydrogen-bond donors (Lipinski definition) is 1. The summed E-state index contributed by atoms with van der Waals surface area (Å²) >= 11 is 5.81. The summed E-state index contributed by atoms with van der Waals surface area (Å²) < 4.78 is 0. The molecule has 0 bridgehead atoms. The van der Waals surface area contributed by atoms with Crippen LogP contribution in [0.2, 0.25) is 5.02 Å². The van der Waals surface area contributed by atoms with Crippen LogP contribution in [0.4, 0.5) is 0 Å². The number of benzene rings is 1. The molecule has 0 saturated heterocycles. The second-order valence-corrected chi connectivity index (χ2v) is 3.60. The van der Waals surface area contributed by atoms with E-state index in [1.165, 1.54) is 0 Å². The van der Waals surface area contributed by atoms with Crippen LogP contribution in [0.1, 0.15) is 5.69 Å². The van der Waals surface area contributed by atoms with Crippen LogP contribution in [0.15, 0.2) is 42.6 Å². The summed E-state index contributed by atoms with van der Waals surface area (Å²) in [5, 5.41) is 9.85. The van der Waals surface area contributed by atoms with Gasteiger partial charge >= 0.3 is 0 Å². The van der Waals surface area contributed by atoms with Crippen molar-refractivity contribution in [2.45, 2.75) is 6.61 Å². The fraction of sp³-hybridized carbons (Fsp3) is 0.0833. The topological polar surface area (TPSA) is 33.1 Å². The summed E-state index contributed by atoms with van der Waals surface area (Å²) in [5.74, 6) is 0. The monoisotopic (exact) mass is 219 g/mol. The third-order valence-corrected chi connectivity index (χ3v) is 2.45. The Morgan fingerprint density at radius 3 is 2.53 bits per heavy atom. The van der Waals surface area contributed by atoms with Gasteiger partial charge in [0.1, 0.15) is 0 Å². The molecule has 0 aliphatic rings. The van der Waals surface area contributed by atoms with Gasteiger partial charge in [-0.25, -0.2) is 0 Å². The Labute approximate surface area is 93.2 Å². The zero-order valence-electron chi connectivity index (χ0n) is 8.02. The van der Waals surface area contributed by atoms with Crippen molar-refractivity contribution >= 4 is 11.6 Å². The van der Waals surface area contributed by atoms with E-state index in [9.17, 15) is 0 Å². The number of rotatable bonds is 2. The van der Waals surface area contributed by atoms with Crippen LogP contribution in [0.25, 0.3) is 11.1 Å². The summed E-state index contributed by atoms with van der Waals surface area (Å²) in [6.07, 6.45) is 1.67. The fourth-order valence-electron chi connectivity index (χ4n) is 1.46. The summed E-state index contributed by atoms with van der Waals surface area (Å²) in [6.45, 7) is -0.0567. The van der Waals surface area contributed by atoms with E-state index >= 15 is 0 Å². The van der Waals surface area contributed by atoms with Crippen LogP contribution in [-0.4, -0.2) is 10.1 Å². The predicted octanol–water partition coefficient (Wildman–Crippen LogP) is 2.89. The lowest BCUT2D eigenvalue weighted by Crippen LogP contribution is -1.92. The van der Waals surface area contributed by atoms with Crippen molar-refractivity contribution in [2.75, 3.05) is 0 Å². The molecule has 3 heteroatoms. The maximum Gasteiger partial charge on any atom is 0.0859 e. The van der Waals surface area contributed by atoms with Gasteiger partial charge in [-0.15, -0.1) is 0 Å². The van der Waals surface area contributed by atoms with E-state index < -0.39 is 0 Å². The molecule has 2 nitrogen and oxygen atoms in total. The van der Waals surface area contributed by atoms with Gasteiger partial charge in [-0.05, 0) is 23.8 Å². The van der Waals surface area contributed by atoms with Crippen molar-refractivity contribution in [3.63, 3.8) is 0 Å². The van der Waals surface area contributed by atoms with E-state index in [2.05, 4.69) is 4.98 Å². The first-order valence-electron chi connectivity index (χ1n) is 4.62. The van der Waals surface area contributed by atoms with Crippen LogP contribution < -0.4 is 0 Å². The number of aromatic nitrogens is 1. The molecule has 0 aliphatic heterocycles. The third kappa shape index (κ3) is 2.17. The zero-order valence-corrected chi connectivity index (χ0v) is 8.78. The van der Waals surface area contributed by atoms with Gasteiger partial charge in [-0.2, -0.15) is 0 Å². The molecule has 0 aliphatic carbocycles. The van der Waals surface area contributed by atoms with Crippen molar-refractivity contribution in [1.29, 1.82) is 0 Å². The molecule has 0 fully saturated rings. The molecule has 1 heterocycles. The van der Waals surface area contributed by atoms with Gasteiger partial charge in [-0.3, -0.25) is 4.98 Å². The number of nitrogens with zero attached hydrogens (tertiary/aromatic N) is 1. The largest absolute Gasteiger partial charge is 0.390 e. The minimum absolute atomic E-state index is 0.0567. The van der Waals surface area contributed by atoms with E-state index in [4.69, 9.17) is 16.7 Å². The number of aliphatic hydroxyl groups is 1. The minimum Gasteiger partial charge on any atom is -0.390 e. The van der Waals surface area contributed by atoms with Gasteiger partial charge < -0.3 is 5.11 Å². The Hall–Kier alpha value is -1.38. The maximum atomic E-state index is 9.15. The van der Waals surface area contributed by atoms with Crippen molar-refractivity contribution in [3.05, 3.63) is 53.3 Å². The number of hydrogen-bond acceptors (Lipinski definition) is 2. The van der Waals surface area contributed by atoms with Crippen LogP contribution in [0, 0.1) is 0 Å². The summed E-state index contributed by atoms with van der Waals surface area (Å²) in [7, 11) is 0. The van der Waals surface area contributed by atoms with E-state index in [0.29, 0.717) is 10.7 Å². The minimum atomic E-state index is -0.0567. The summed E-state index contributed by atoms with van der Waals surface area (Å²) in [6, 6.07) is 11.3. The smallest absolute Gasteiger partial charge is 0.0859 e. The molecular formula is C12H10ClNO. The molecule has 0 amide bonds. The molecule has 0 unspecified atom stereocenters. The Morgan fingerprint density at radius 2 is 1.87 bits per heavy atom. The lowest BCUT2D eigenvalue weighted by atomic mass is 10.0. The van der Waals surface area contributed by atoms with Gasteiger partial charge in [0.15, 0.2) is 0 Å². The van der Waals surface area contributed by atoms with E-state index in [0.717, 1.165) is 11.1 Å². The fourth-order valence-corrected chi connectivity index (χ4v) is 1.58. The normalized spacial score (nSPS) is 10.3. The number of halogens is 1. The van der Waals surface area contributed by atoms with E-state index in [-0.39, 0.29) is 6.61 Å². The summed E-state index contributed by atoms with van der Waals surface area (Å²) in [4.78, 5) is 4.11. The molecule has 2 rings (SSSR count). The van der Waals surface area contributed by atoms with Crippen LogP contribution in [0.5, 0.6) is 0 Å². The van der Waals surface area contributed by atoms with Gasteiger partial charge in [-0.1, -0.05) is 29.8 Å². The standard InChI is InChI=1S/C12H10ClNO/c13-10-5-3-9(4-6-10)11-2-1-7-14-12(11)8-15/h1-7,15H,8H2. The first-order valence-corrected chi connectivity index (χ1v) is 5.00. The molecule has 0 atom stereocenters. The highest BCUT2D eigenvalue weighted by atomic mass is 35.5. The van der Waals surface area contributed by atoms with Gasteiger partial charge in [0, 0.05) is 16.8 Å². The maximum absolute atomic E-state index is 9.15. The zero-order chi connectivity index (χ0) is 10.7. The van der Waals surface area contributed by atoms with Crippen molar-refractivity contribution in [2.24, 2.45) is 0 Å². The molecule has 1 aromatic heterocycles. The molecule has 0 saturated carbocycles. The second kappa shape index (κ2) is 4.43. The molecule has 76 valence electrons. The Bertz CT molecular complexity index is 453. The van der Waals surface area contributed by atoms with Crippen LogP contribution >= 0.6 is 11.6 Å². The summed E-state index contributed by atoms with van der Waals surface area (Å²) in [5.41, 5.74) is 2.63. The Balaban J connectivity index is 2.49. The van der Waals surface area contributed by atoms with Gasteiger partial charge in [0.2, 0.25) is 0 Å². The average molecular weight is 220 g/mol. The Kier molecular flexibility index (Phi) is 2.99. The van der Waals surface area contributed by atoms with E-state index in [1.807, 2.05) is 36.4 Å². The SMILES string of the molecule is OCc1ncccc1-c1ccc(Cl)cc1. The van der Waals surface area contributed by atoms with Crippen molar-refractivity contribution in [3.8, 4) is 11.1 Å². The van der Waals surface area contributed by atoms with Gasteiger partial charge in [0.25, 0.3) is 0 Å². The van der Waals surface area contributed by atoms with E-state index in [1.54, 1.807) is 6.20 Å². The lowest BCUT2D eigenvalue weighted by Gasteiger charge is -2.05.